The van der Waals surface area contributed by atoms with Crippen LogP contribution in [0.1, 0.15) is 265 Å². The van der Waals surface area contributed by atoms with Gasteiger partial charge < -0.3 is 34.2 Å². The Morgan fingerprint density at radius 2 is 0.582 bits per heavy atom. The van der Waals surface area contributed by atoms with Gasteiger partial charge in [-0.25, -0.2) is 9.13 Å². The summed E-state index contributed by atoms with van der Waals surface area (Å²) in [5.74, 6) is -1.62. The van der Waals surface area contributed by atoms with E-state index < -0.39 is 91.5 Å². The molecule has 4 N–H and O–H groups in total. The first kappa shape index (κ1) is 87.0. The Bertz CT molecular complexity index is 2140. The molecule has 0 fully saturated rings. The predicted octanol–water partition coefficient (Wildman–Crippen LogP) is 19.4. The molecule has 0 heterocycles. The summed E-state index contributed by atoms with van der Waals surface area (Å²) >= 11 is 0. The minimum Gasteiger partial charge on any atom is -0.463 e. The van der Waals surface area contributed by atoms with Crippen LogP contribution in [0.4, 0.5) is 0 Å². The van der Waals surface area contributed by atoms with Crippen molar-refractivity contribution >= 4 is 33.6 Å². The van der Waals surface area contributed by atoms with E-state index in [0.717, 1.165) is 173 Å². The van der Waals surface area contributed by atoms with E-state index in [1.54, 1.807) is 0 Å². The zero-order chi connectivity index (χ0) is 66.7. The molecule has 91 heavy (non-hydrogen) atoms. The normalized spacial score (nSPS) is 14.9. The molecule has 16 nitrogen and oxygen atoms in total. The van der Waals surface area contributed by atoms with E-state index in [1.807, 2.05) is 0 Å². The Kier molecular flexibility index (Phi) is 63.1. The second-order valence-corrected chi connectivity index (χ2v) is 25.8. The van der Waals surface area contributed by atoms with E-state index in [9.17, 15) is 43.5 Å². The fourth-order valence-electron chi connectivity index (χ4n) is 8.82. The lowest BCUT2D eigenvalue weighted by Gasteiger charge is -2.21. The highest BCUT2D eigenvalue weighted by atomic mass is 31.2. The van der Waals surface area contributed by atoms with E-state index in [0.29, 0.717) is 19.3 Å². The Morgan fingerprint density at radius 1 is 0.319 bits per heavy atom. The van der Waals surface area contributed by atoms with Crippen molar-refractivity contribution < 1.29 is 75.8 Å². The first-order valence-electron chi connectivity index (χ1n) is 34.8. The van der Waals surface area contributed by atoms with Crippen molar-refractivity contribution in [3.8, 4) is 0 Å². The summed E-state index contributed by atoms with van der Waals surface area (Å²) in [5.41, 5.74) is 0. The number of unbranched alkanes of at least 4 members (excludes halogenated alkanes) is 22. The summed E-state index contributed by atoms with van der Waals surface area (Å²) in [4.78, 5) is 58.3. The van der Waals surface area contributed by atoms with Crippen molar-refractivity contribution in [2.24, 2.45) is 0 Å². The predicted molar refractivity (Wildman–Crippen MR) is 371 cm³/mol. The molecular weight excluding hydrogens is 1190 g/mol. The number of esters is 3. The molecule has 0 saturated carbocycles. The van der Waals surface area contributed by atoms with Gasteiger partial charge in [-0.15, -0.1) is 0 Å². The van der Waals surface area contributed by atoms with Gasteiger partial charge in [0.1, 0.15) is 25.4 Å². The number of allylic oxidation sites excluding steroid dienone is 20. The van der Waals surface area contributed by atoms with Gasteiger partial charge >= 0.3 is 33.6 Å². The number of hydrogen-bond donors (Lipinski definition) is 4. The number of carbonyl (C=O) groups excluding carboxylic acids is 3. The van der Waals surface area contributed by atoms with Crippen molar-refractivity contribution in [2.75, 3.05) is 39.6 Å². The van der Waals surface area contributed by atoms with Crippen molar-refractivity contribution in [1.29, 1.82) is 0 Å². The first-order valence-corrected chi connectivity index (χ1v) is 37.8. The Balaban J connectivity index is 4.46. The molecular formula is C73H124O16P2. The highest BCUT2D eigenvalue weighted by molar-refractivity contribution is 7.47. The van der Waals surface area contributed by atoms with Gasteiger partial charge in [-0.3, -0.25) is 32.5 Å². The minimum atomic E-state index is -4.93. The number of phosphoric acid groups is 2. The highest BCUT2D eigenvalue weighted by Gasteiger charge is 2.29. The number of aliphatic hydroxyl groups is 2. The summed E-state index contributed by atoms with van der Waals surface area (Å²) in [7, 11) is -9.78. The summed E-state index contributed by atoms with van der Waals surface area (Å²) in [5, 5.41) is 20.5. The molecule has 0 saturated heterocycles. The lowest BCUT2D eigenvalue weighted by molar-refractivity contribution is -0.161. The summed E-state index contributed by atoms with van der Waals surface area (Å²) < 4.78 is 60.8. The van der Waals surface area contributed by atoms with Crippen molar-refractivity contribution in [2.45, 2.75) is 283 Å². The van der Waals surface area contributed by atoms with Gasteiger partial charge in [0.25, 0.3) is 0 Å². The van der Waals surface area contributed by atoms with Crippen LogP contribution in [0.3, 0.4) is 0 Å². The van der Waals surface area contributed by atoms with Gasteiger partial charge in [-0.05, 0) is 122 Å². The molecule has 0 spiro atoms. The van der Waals surface area contributed by atoms with Crippen LogP contribution in [0.25, 0.3) is 0 Å². The molecule has 0 aliphatic carbocycles. The molecule has 18 heteroatoms. The molecule has 0 bridgehead atoms. The molecule has 0 aromatic carbocycles. The minimum absolute atomic E-state index is 0.0837. The van der Waals surface area contributed by atoms with Gasteiger partial charge in [0.15, 0.2) is 6.10 Å². The van der Waals surface area contributed by atoms with Crippen LogP contribution >= 0.6 is 15.6 Å². The summed E-state index contributed by atoms with van der Waals surface area (Å²) in [6.45, 7) is 2.37. The van der Waals surface area contributed by atoms with Crippen LogP contribution in [0.2, 0.25) is 0 Å². The molecule has 5 unspecified atom stereocenters. The average Bonchev–Trinajstić information content (AvgIpc) is 3.56. The number of aliphatic hydroxyl groups excluding tert-OH is 2. The molecule has 0 aromatic rings. The van der Waals surface area contributed by atoms with Gasteiger partial charge in [0.05, 0.1) is 26.4 Å². The molecule has 0 aromatic heterocycles. The second kappa shape index (κ2) is 66.0. The van der Waals surface area contributed by atoms with Crippen LogP contribution in [0.15, 0.2) is 122 Å². The zero-order valence-corrected chi connectivity index (χ0v) is 58.3. The number of ether oxygens (including phenoxy) is 3. The molecule has 522 valence electrons. The SMILES string of the molecule is CC/C=C\C/C=C\C/C=C\C/C=C\C/C=C\C/C=C\CCCCCCCCCCCCC(=O)OCC(O)COP(=O)(O)OCC(O)COP(=O)(O)OCC(COC(=O)CCCCCCC/C=C\C/C=C\CCC)OC(=O)CCCCCCC/C=C\C/C=C\CCC. The van der Waals surface area contributed by atoms with Crippen LogP contribution in [-0.4, -0.2) is 95.9 Å². The van der Waals surface area contributed by atoms with Crippen molar-refractivity contribution in [3.63, 3.8) is 0 Å². The zero-order valence-electron chi connectivity index (χ0n) is 56.5. The average molecular weight is 1320 g/mol. The number of phosphoric ester groups is 2. The van der Waals surface area contributed by atoms with Gasteiger partial charge in [0, 0.05) is 19.3 Å². The van der Waals surface area contributed by atoms with Crippen LogP contribution in [-0.2, 0) is 55.8 Å². The summed E-state index contributed by atoms with van der Waals surface area (Å²) in [6, 6.07) is 0. The number of carbonyl (C=O) groups is 3. The Labute approximate surface area is 551 Å². The van der Waals surface area contributed by atoms with Gasteiger partial charge in [-0.2, -0.15) is 0 Å². The number of hydrogen-bond acceptors (Lipinski definition) is 14. The first-order chi connectivity index (χ1) is 44.2. The lowest BCUT2D eigenvalue weighted by Crippen LogP contribution is -2.30. The van der Waals surface area contributed by atoms with E-state index in [-0.39, 0.29) is 19.3 Å². The number of rotatable bonds is 65. The molecule has 0 rings (SSSR count). The standard InChI is InChI=1S/C73H124O16P2/c1-4-7-10-13-16-19-22-25-26-27-28-29-30-31-32-33-34-35-36-37-38-39-40-43-45-47-50-53-56-59-71(76)83-62-68(74)63-85-90(79,80)86-64-69(75)65-87-91(81,82)88-67-70(89-73(78)61-58-55-52-49-46-42-24-21-18-15-12-9-6-3)66-84-72(77)60-57-54-51-48-44-41-23-20-17-14-11-8-5-2/h7,10-12,14-16,19-21,23-26,28-29,31-32,34-35,68-70,74-75H,4-6,8-9,13,17-18,22,27,30,33,36-67H2,1-3H3,(H,79,80)(H,81,82)/b10-7-,14-11-,15-12-,19-16-,23-20-,24-21-,26-25-,29-28-,32-31-,35-34-. The van der Waals surface area contributed by atoms with Crippen molar-refractivity contribution in [3.05, 3.63) is 122 Å². The fraction of sp³-hybridized carbons (Fsp3) is 0.685. The highest BCUT2D eigenvalue weighted by Crippen LogP contribution is 2.45. The third-order valence-corrected chi connectivity index (χ3v) is 16.0. The van der Waals surface area contributed by atoms with Gasteiger partial charge in [-0.1, -0.05) is 245 Å². The quantitative estimate of drug-likeness (QED) is 0.0146. The Hall–Kier alpha value is -4.05. The maximum atomic E-state index is 12.9. The van der Waals surface area contributed by atoms with Crippen LogP contribution < -0.4 is 0 Å². The van der Waals surface area contributed by atoms with Crippen LogP contribution in [0, 0.1) is 0 Å². The maximum absolute atomic E-state index is 12.9. The largest absolute Gasteiger partial charge is 0.472 e. The Morgan fingerprint density at radius 3 is 0.923 bits per heavy atom. The molecule has 0 amide bonds. The second-order valence-electron chi connectivity index (χ2n) is 22.9. The van der Waals surface area contributed by atoms with E-state index in [1.165, 1.54) is 32.1 Å². The topological polar surface area (TPSA) is 231 Å². The van der Waals surface area contributed by atoms with Gasteiger partial charge in [0.2, 0.25) is 0 Å². The molecule has 5 atom stereocenters. The molecule has 0 radical (unpaired) electrons. The van der Waals surface area contributed by atoms with E-state index in [2.05, 4.69) is 142 Å². The molecule has 0 aliphatic heterocycles. The fourth-order valence-corrected chi connectivity index (χ4v) is 10.4. The smallest absolute Gasteiger partial charge is 0.463 e. The lowest BCUT2D eigenvalue weighted by atomic mass is 10.1. The summed E-state index contributed by atoms with van der Waals surface area (Å²) in [6.07, 6.45) is 75.5. The van der Waals surface area contributed by atoms with Crippen molar-refractivity contribution in [1.82, 2.24) is 0 Å². The maximum Gasteiger partial charge on any atom is 0.472 e. The van der Waals surface area contributed by atoms with E-state index in [4.69, 9.17) is 32.3 Å². The molecule has 0 aliphatic rings. The monoisotopic (exact) mass is 1320 g/mol. The third-order valence-electron chi connectivity index (χ3n) is 14.1. The third kappa shape index (κ3) is 67.2. The van der Waals surface area contributed by atoms with E-state index >= 15 is 0 Å². The van der Waals surface area contributed by atoms with Crippen LogP contribution in [0.5, 0.6) is 0 Å².